The van der Waals surface area contributed by atoms with Crippen LogP contribution in [0.15, 0.2) is 30.5 Å². The third-order valence-electron chi connectivity index (χ3n) is 3.38. The summed E-state index contributed by atoms with van der Waals surface area (Å²) in [5.41, 5.74) is 2.42. The van der Waals surface area contributed by atoms with E-state index in [1.807, 2.05) is 38.4 Å². The van der Waals surface area contributed by atoms with Crippen LogP contribution in [0.25, 0.3) is 17.8 Å². The van der Waals surface area contributed by atoms with Gasteiger partial charge < -0.3 is 10.3 Å². The lowest BCUT2D eigenvalue weighted by molar-refractivity contribution is 0.771. The first kappa shape index (κ1) is 13.4. The topological polar surface area (TPSA) is 58.5 Å². The van der Waals surface area contributed by atoms with Crippen LogP contribution in [0.2, 0.25) is 0 Å². The normalized spacial score (nSPS) is 15.4. The van der Waals surface area contributed by atoms with E-state index in [-0.39, 0.29) is 0 Å². The molecule has 2 aromatic heterocycles. The minimum atomic E-state index is 0.833. The number of aryl methyl sites for hydroxylation is 1. The second kappa shape index (κ2) is 5.44. The molecule has 3 rings (SSSR count). The van der Waals surface area contributed by atoms with Crippen LogP contribution in [-0.2, 0) is 7.05 Å². The molecule has 0 saturated heterocycles. The first-order valence-electron chi connectivity index (χ1n) is 7.05. The smallest absolute Gasteiger partial charge is 0.154 e. The van der Waals surface area contributed by atoms with Gasteiger partial charge in [0.1, 0.15) is 0 Å². The number of anilines is 1. The second-order valence-electron chi connectivity index (χ2n) is 5.05. The molecule has 5 nitrogen and oxygen atoms in total. The molecule has 1 aliphatic carbocycles. The molecule has 1 aliphatic rings. The average Bonchev–Trinajstić information content (AvgIpc) is 3.11. The number of nitrogens with one attached hydrogen (secondary N) is 2. The van der Waals surface area contributed by atoms with Gasteiger partial charge in [0.15, 0.2) is 11.6 Å². The summed E-state index contributed by atoms with van der Waals surface area (Å²) in [7, 11) is 1.91. The highest BCUT2D eigenvalue weighted by Gasteiger charge is 2.21. The van der Waals surface area contributed by atoms with Crippen molar-refractivity contribution in [2.24, 2.45) is 7.05 Å². The van der Waals surface area contributed by atoms with Crippen LogP contribution in [0.1, 0.15) is 25.6 Å². The number of H-pyrrole nitrogens is 1. The van der Waals surface area contributed by atoms with Crippen LogP contribution in [0, 0.1) is 0 Å². The average molecular weight is 281 g/mol. The van der Waals surface area contributed by atoms with Gasteiger partial charge in [-0.25, -0.2) is 4.98 Å². The molecule has 2 heterocycles. The number of aromatic amines is 1. The summed E-state index contributed by atoms with van der Waals surface area (Å²) in [5, 5.41) is 9.67. The quantitative estimate of drug-likeness (QED) is 0.893. The zero-order chi connectivity index (χ0) is 14.8. The molecule has 108 valence electrons. The molecule has 0 aromatic carbocycles. The molecular weight excluding hydrogens is 262 g/mol. The molecule has 1 fully saturated rings. The second-order valence-corrected chi connectivity index (χ2v) is 5.05. The Labute approximate surface area is 123 Å². The molecule has 21 heavy (non-hydrogen) atoms. The summed E-state index contributed by atoms with van der Waals surface area (Å²) in [5.74, 6) is 1.69. The zero-order valence-electron chi connectivity index (χ0n) is 12.3. The Hall–Kier alpha value is -2.56. The van der Waals surface area contributed by atoms with Crippen molar-refractivity contribution in [3.05, 3.63) is 47.0 Å². The number of imidazole rings is 1. The van der Waals surface area contributed by atoms with E-state index >= 15 is 0 Å². The van der Waals surface area contributed by atoms with Crippen molar-refractivity contribution >= 4 is 23.7 Å². The number of aromatic nitrogens is 4. The fourth-order valence-corrected chi connectivity index (χ4v) is 2.22. The van der Waals surface area contributed by atoms with Gasteiger partial charge >= 0.3 is 0 Å². The summed E-state index contributed by atoms with van der Waals surface area (Å²) in [6.45, 7) is 5.73. The summed E-state index contributed by atoms with van der Waals surface area (Å²) in [6.07, 6.45) is 9.83. The van der Waals surface area contributed by atoms with Gasteiger partial charge in [-0.05, 0) is 31.4 Å². The molecule has 0 bridgehead atoms. The monoisotopic (exact) mass is 281 g/mol. The third kappa shape index (κ3) is 2.81. The van der Waals surface area contributed by atoms with Crippen LogP contribution in [0.4, 0.5) is 5.82 Å². The lowest BCUT2D eigenvalue weighted by atomic mass is 10.3. The predicted molar refractivity (Wildman–Crippen MR) is 85.6 cm³/mol. The molecule has 0 spiro atoms. The highest BCUT2D eigenvalue weighted by Crippen LogP contribution is 2.35. The molecule has 0 aliphatic heterocycles. The van der Waals surface area contributed by atoms with E-state index in [9.17, 15) is 0 Å². The standard InChI is InChI=1S/C16H19N5/c1-4-6-13-12(5-2)17-16(18-13)15(11-7-8-11)19-14-9-10-21(3)20-14/h4-6,9-10H,1,7-8H2,2-3H3,(H,17,18)(H,19,20)/b12-5+,13-6+. The Bertz CT molecular complexity index is 813. The summed E-state index contributed by atoms with van der Waals surface area (Å²) in [6, 6.07) is 1.95. The van der Waals surface area contributed by atoms with Gasteiger partial charge in [-0.2, -0.15) is 5.10 Å². The maximum atomic E-state index is 4.67. The Morgan fingerprint density at radius 3 is 2.86 bits per heavy atom. The Morgan fingerprint density at radius 1 is 1.48 bits per heavy atom. The Kier molecular flexibility index (Phi) is 3.48. The van der Waals surface area contributed by atoms with E-state index in [0.717, 1.165) is 40.9 Å². The van der Waals surface area contributed by atoms with Gasteiger partial charge in [-0.1, -0.05) is 18.7 Å². The van der Waals surface area contributed by atoms with E-state index in [1.54, 1.807) is 10.8 Å². The predicted octanol–water partition coefficient (Wildman–Crippen LogP) is 1.53. The van der Waals surface area contributed by atoms with E-state index in [4.69, 9.17) is 0 Å². The molecule has 2 aromatic rings. The van der Waals surface area contributed by atoms with E-state index < -0.39 is 0 Å². The van der Waals surface area contributed by atoms with Crippen molar-refractivity contribution in [1.82, 2.24) is 19.7 Å². The van der Waals surface area contributed by atoms with E-state index in [2.05, 4.69) is 27.0 Å². The zero-order valence-corrected chi connectivity index (χ0v) is 12.3. The summed E-state index contributed by atoms with van der Waals surface area (Å²) < 4.78 is 1.78. The fraction of sp³-hybridized carbons (Fsp3) is 0.250. The van der Waals surface area contributed by atoms with Gasteiger partial charge in [-0.15, -0.1) is 0 Å². The van der Waals surface area contributed by atoms with Crippen molar-refractivity contribution in [1.29, 1.82) is 0 Å². The largest absolute Gasteiger partial charge is 0.337 e. The first-order valence-corrected chi connectivity index (χ1v) is 7.05. The van der Waals surface area contributed by atoms with Crippen molar-refractivity contribution in [3.63, 3.8) is 0 Å². The van der Waals surface area contributed by atoms with E-state index in [0.29, 0.717) is 0 Å². The number of hydrogen-bond acceptors (Lipinski definition) is 3. The highest BCUT2D eigenvalue weighted by atomic mass is 15.3. The summed E-state index contributed by atoms with van der Waals surface area (Å²) in [4.78, 5) is 8.02. The minimum absolute atomic E-state index is 0.833. The number of rotatable bonds is 4. The van der Waals surface area contributed by atoms with Gasteiger partial charge in [0.2, 0.25) is 0 Å². The van der Waals surface area contributed by atoms with Crippen LogP contribution >= 0.6 is 0 Å². The van der Waals surface area contributed by atoms with Crippen molar-refractivity contribution in [2.75, 3.05) is 5.32 Å². The van der Waals surface area contributed by atoms with Gasteiger partial charge in [0.05, 0.1) is 16.4 Å². The van der Waals surface area contributed by atoms with Crippen LogP contribution in [0.3, 0.4) is 0 Å². The molecule has 0 amide bonds. The van der Waals surface area contributed by atoms with Crippen LogP contribution in [0.5, 0.6) is 0 Å². The van der Waals surface area contributed by atoms with Crippen molar-refractivity contribution < 1.29 is 0 Å². The van der Waals surface area contributed by atoms with Gasteiger partial charge in [0, 0.05) is 19.3 Å². The fourth-order valence-electron chi connectivity index (χ4n) is 2.22. The first-order chi connectivity index (χ1) is 10.2. The number of allylic oxidation sites excluding steroid dienone is 2. The van der Waals surface area contributed by atoms with Crippen LogP contribution in [-0.4, -0.2) is 19.7 Å². The molecule has 0 atom stereocenters. The third-order valence-corrected chi connectivity index (χ3v) is 3.38. The van der Waals surface area contributed by atoms with Crippen molar-refractivity contribution in [3.8, 4) is 0 Å². The molecule has 0 radical (unpaired) electrons. The maximum Gasteiger partial charge on any atom is 0.154 e. The lowest BCUT2D eigenvalue weighted by Crippen LogP contribution is -2.23. The molecule has 5 heteroatoms. The molecular formula is C16H19N5. The Morgan fingerprint density at radius 2 is 2.29 bits per heavy atom. The van der Waals surface area contributed by atoms with Crippen molar-refractivity contribution in [2.45, 2.75) is 19.8 Å². The summed E-state index contributed by atoms with van der Waals surface area (Å²) >= 11 is 0. The number of nitrogens with zero attached hydrogens (tertiary/aromatic N) is 3. The van der Waals surface area contributed by atoms with Crippen LogP contribution < -0.4 is 16.0 Å². The SMILES string of the molecule is C=C/C=c1/[nH]c(C(Nc2ccn(C)n2)=C2CC2)n/c1=C/C. The van der Waals surface area contributed by atoms with E-state index in [1.165, 1.54) is 5.57 Å². The van der Waals surface area contributed by atoms with Gasteiger partial charge in [-0.3, -0.25) is 4.68 Å². The highest BCUT2D eigenvalue weighted by molar-refractivity contribution is 5.76. The molecule has 0 unspecified atom stereocenters. The number of hydrogen-bond donors (Lipinski definition) is 2. The Balaban J connectivity index is 2.02. The molecule has 1 saturated carbocycles. The van der Waals surface area contributed by atoms with Gasteiger partial charge in [0.25, 0.3) is 0 Å². The molecule has 2 N–H and O–H groups in total. The lowest BCUT2D eigenvalue weighted by Gasteiger charge is -2.05. The minimum Gasteiger partial charge on any atom is -0.337 e. The maximum absolute atomic E-state index is 4.67.